The smallest absolute Gasteiger partial charge is 0.0591 e. The van der Waals surface area contributed by atoms with E-state index in [2.05, 4.69) is 20.8 Å². The molecule has 2 unspecified atom stereocenters. The summed E-state index contributed by atoms with van der Waals surface area (Å²) in [5.74, 6) is 1.68. The van der Waals surface area contributed by atoms with Crippen LogP contribution in [0, 0.1) is 17.8 Å². The molecule has 1 fully saturated rings. The molecule has 2 nitrogen and oxygen atoms in total. The van der Waals surface area contributed by atoms with Crippen LogP contribution in [0.1, 0.15) is 78.6 Å². The second-order valence-electron chi connectivity index (χ2n) is 6.95. The van der Waals surface area contributed by atoms with Gasteiger partial charge in [0, 0.05) is 13.2 Å². The summed E-state index contributed by atoms with van der Waals surface area (Å²) < 4.78 is 5.78. The highest BCUT2D eigenvalue weighted by atomic mass is 16.5. The Hall–Kier alpha value is -0.0800. The predicted octanol–water partition coefficient (Wildman–Crippen LogP) is 4.80. The van der Waals surface area contributed by atoms with Crippen molar-refractivity contribution in [3.63, 3.8) is 0 Å². The molecule has 2 heteroatoms. The molecule has 1 rings (SSSR count). The fraction of sp³-hybridized carbons (Fsp3) is 1.00. The minimum atomic E-state index is -0.0877. The second-order valence-corrected chi connectivity index (χ2v) is 6.95. The monoisotopic (exact) mass is 284 g/mol. The molecule has 0 aromatic rings. The third kappa shape index (κ3) is 7.08. The van der Waals surface area contributed by atoms with Gasteiger partial charge in [0.05, 0.1) is 6.10 Å². The molecule has 0 spiro atoms. The molecule has 0 aromatic heterocycles. The third-order valence-corrected chi connectivity index (χ3v) is 4.89. The van der Waals surface area contributed by atoms with Gasteiger partial charge in [-0.15, -0.1) is 0 Å². The zero-order chi connectivity index (χ0) is 14.8. The summed E-state index contributed by atoms with van der Waals surface area (Å²) in [5.41, 5.74) is 0. The highest BCUT2D eigenvalue weighted by molar-refractivity contribution is 4.81. The molecule has 1 saturated carbocycles. The molecule has 0 saturated heterocycles. The van der Waals surface area contributed by atoms with Gasteiger partial charge in [-0.2, -0.15) is 0 Å². The molecule has 120 valence electrons. The molecule has 2 atom stereocenters. The number of unbranched alkanes of at least 4 members (excludes halogenated alkanes) is 5. The summed E-state index contributed by atoms with van der Waals surface area (Å²) in [6.07, 6.45) is 11.4. The van der Waals surface area contributed by atoms with E-state index in [1.54, 1.807) is 0 Å². The standard InChI is InChI=1S/C18H36O2/c1-4-5-6-7-8-9-11-20-12-10-17-13-15(2)18(19)16(3)14-17/h15-19H,4-14H2,1-3H3. The fourth-order valence-corrected chi connectivity index (χ4v) is 3.56. The molecule has 1 aliphatic rings. The SMILES string of the molecule is CCCCCCCCOCCC1CC(C)C(O)C(C)C1. The van der Waals surface area contributed by atoms with Crippen LogP contribution in [0.2, 0.25) is 0 Å². The van der Waals surface area contributed by atoms with Gasteiger partial charge in [0.15, 0.2) is 0 Å². The summed E-state index contributed by atoms with van der Waals surface area (Å²) in [4.78, 5) is 0. The average molecular weight is 284 g/mol. The van der Waals surface area contributed by atoms with Gasteiger partial charge < -0.3 is 9.84 Å². The van der Waals surface area contributed by atoms with E-state index in [0.29, 0.717) is 11.8 Å². The van der Waals surface area contributed by atoms with Crippen LogP contribution in [0.25, 0.3) is 0 Å². The first-order chi connectivity index (χ1) is 9.65. The molecule has 20 heavy (non-hydrogen) atoms. The maximum absolute atomic E-state index is 9.96. The van der Waals surface area contributed by atoms with Gasteiger partial charge in [0.25, 0.3) is 0 Å². The lowest BCUT2D eigenvalue weighted by Crippen LogP contribution is -2.34. The minimum absolute atomic E-state index is 0.0877. The normalized spacial score (nSPS) is 30.6. The largest absolute Gasteiger partial charge is 0.393 e. The van der Waals surface area contributed by atoms with Crippen LogP contribution < -0.4 is 0 Å². The number of ether oxygens (including phenoxy) is 1. The van der Waals surface area contributed by atoms with Crippen LogP contribution in [0.5, 0.6) is 0 Å². The highest BCUT2D eigenvalue weighted by Gasteiger charge is 2.31. The molecule has 0 bridgehead atoms. The number of aliphatic hydroxyl groups excluding tert-OH is 1. The Morgan fingerprint density at radius 1 is 0.900 bits per heavy atom. The van der Waals surface area contributed by atoms with Crippen molar-refractivity contribution in [2.24, 2.45) is 17.8 Å². The molecule has 0 aromatic carbocycles. The van der Waals surface area contributed by atoms with Gasteiger partial charge in [0.1, 0.15) is 0 Å². The Morgan fingerprint density at radius 2 is 1.50 bits per heavy atom. The topological polar surface area (TPSA) is 29.5 Å². The highest BCUT2D eigenvalue weighted by Crippen LogP contribution is 2.34. The van der Waals surface area contributed by atoms with E-state index in [9.17, 15) is 5.11 Å². The van der Waals surface area contributed by atoms with Crippen molar-refractivity contribution in [1.82, 2.24) is 0 Å². The van der Waals surface area contributed by atoms with E-state index in [1.807, 2.05) is 0 Å². The van der Waals surface area contributed by atoms with Crippen molar-refractivity contribution >= 4 is 0 Å². The van der Waals surface area contributed by atoms with Gasteiger partial charge in [-0.05, 0) is 43.4 Å². The van der Waals surface area contributed by atoms with Crippen LogP contribution in [-0.2, 0) is 4.74 Å². The summed E-state index contributed by atoms with van der Waals surface area (Å²) in [6.45, 7) is 8.48. The van der Waals surface area contributed by atoms with Gasteiger partial charge in [-0.1, -0.05) is 52.9 Å². The Bertz CT molecular complexity index is 217. The summed E-state index contributed by atoms with van der Waals surface area (Å²) >= 11 is 0. The first-order valence-electron chi connectivity index (χ1n) is 8.91. The average Bonchev–Trinajstić information content (AvgIpc) is 2.43. The van der Waals surface area contributed by atoms with Gasteiger partial charge in [-0.3, -0.25) is 0 Å². The second kappa shape index (κ2) is 10.6. The lowest BCUT2D eigenvalue weighted by molar-refractivity contribution is 0.00250. The number of rotatable bonds is 10. The van der Waals surface area contributed by atoms with Crippen LogP contribution in [-0.4, -0.2) is 24.4 Å². The van der Waals surface area contributed by atoms with Crippen LogP contribution >= 0.6 is 0 Å². The molecule has 0 amide bonds. The first kappa shape index (κ1) is 18.0. The van der Waals surface area contributed by atoms with Crippen molar-refractivity contribution < 1.29 is 9.84 Å². The van der Waals surface area contributed by atoms with Crippen molar-refractivity contribution in [2.45, 2.75) is 84.7 Å². The number of hydrogen-bond donors (Lipinski definition) is 1. The zero-order valence-corrected chi connectivity index (χ0v) is 13.9. The molecule has 0 heterocycles. The molecular weight excluding hydrogens is 248 g/mol. The van der Waals surface area contributed by atoms with Crippen LogP contribution in [0.4, 0.5) is 0 Å². The maximum Gasteiger partial charge on any atom is 0.0591 e. The van der Waals surface area contributed by atoms with E-state index in [1.165, 1.54) is 57.8 Å². The van der Waals surface area contributed by atoms with Crippen LogP contribution in [0.15, 0.2) is 0 Å². The predicted molar refractivity (Wildman–Crippen MR) is 85.9 cm³/mol. The zero-order valence-electron chi connectivity index (χ0n) is 13.9. The molecule has 0 aliphatic heterocycles. The van der Waals surface area contributed by atoms with E-state index in [0.717, 1.165) is 19.1 Å². The Balaban J connectivity index is 1.94. The summed E-state index contributed by atoms with van der Waals surface area (Å²) in [7, 11) is 0. The van der Waals surface area contributed by atoms with Gasteiger partial charge in [0.2, 0.25) is 0 Å². The van der Waals surface area contributed by atoms with Crippen molar-refractivity contribution in [3.8, 4) is 0 Å². The Morgan fingerprint density at radius 3 is 2.15 bits per heavy atom. The Labute approximate surface area is 126 Å². The van der Waals surface area contributed by atoms with Crippen molar-refractivity contribution in [2.75, 3.05) is 13.2 Å². The minimum Gasteiger partial charge on any atom is -0.393 e. The molecular formula is C18H36O2. The third-order valence-electron chi connectivity index (χ3n) is 4.89. The Kier molecular flexibility index (Phi) is 9.54. The van der Waals surface area contributed by atoms with E-state index in [4.69, 9.17) is 4.74 Å². The fourth-order valence-electron chi connectivity index (χ4n) is 3.56. The number of aliphatic hydroxyl groups is 1. The van der Waals surface area contributed by atoms with Gasteiger partial charge in [-0.25, -0.2) is 0 Å². The number of hydrogen-bond acceptors (Lipinski definition) is 2. The lowest BCUT2D eigenvalue weighted by atomic mass is 9.73. The molecule has 1 aliphatic carbocycles. The quantitative estimate of drug-likeness (QED) is 0.584. The molecule has 1 N–H and O–H groups in total. The van der Waals surface area contributed by atoms with Crippen molar-refractivity contribution in [1.29, 1.82) is 0 Å². The van der Waals surface area contributed by atoms with E-state index >= 15 is 0 Å². The summed E-state index contributed by atoms with van der Waals surface area (Å²) in [6, 6.07) is 0. The van der Waals surface area contributed by atoms with Crippen LogP contribution in [0.3, 0.4) is 0 Å². The lowest BCUT2D eigenvalue weighted by Gasteiger charge is -2.36. The van der Waals surface area contributed by atoms with Gasteiger partial charge >= 0.3 is 0 Å². The summed E-state index contributed by atoms with van der Waals surface area (Å²) in [5, 5.41) is 9.96. The maximum atomic E-state index is 9.96. The van der Waals surface area contributed by atoms with E-state index < -0.39 is 0 Å². The first-order valence-corrected chi connectivity index (χ1v) is 8.91. The van der Waals surface area contributed by atoms with E-state index in [-0.39, 0.29) is 6.10 Å². The van der Waals surface area contributed by atoms with Crippen molar-refractivity contribution in [3.05, 3.63) is 0 Å². The molecule has 0 radical (unpaired) electrons.